The van der Waals surface area contributed by atoms with Crippen molar-refractivity contribution < 1.29 is 14.0 Å². The van der Waals surface area contributed by atoms with Crippen LogP contribution in [-0.2, 0) is 16.0 Å². The molecule has 0 radical (unpaired) electrons. The van der Waals surface area contributed by atoms with E-state index in [1.54, 1.807) is 19.2 Å². The number of carbonyl (C=O) groups is 2. The number of likely N-dealkylation sites (tertiary alicyclic amines) is 1. The third-order valence-electron chi connectivity index (χ3n) is 3.76. The molecule has 120 valence electrons. The highest BCUT2D eigenvalue weighted by Gasteiger charge is 2.32. The van der Waals surface area contributed by atoms with Crippen molar-refractivity contribution in [2.45, 2.75) is 12.8 Å². The summed E-state index contributed by atoms with van der Waals surface area (Å²) in [6.07, 6.45) is 0.656. The number of amides is 2. The van der Waals surface area contributed by atoms with Gasteiger partial charge in [-0.3, -0.25) is 20.0 Å². The molecule has 2 aromatic rings. The molecule has 1 fully saturated rings. The fourth-order valence-electron chi connectivity index (χ4n) is 2.48. The van der Waals surface area contributed by atoms with E-state index in [0.717, 1.165) is 5.56 Å². The summed E-state index contributed by atoms with van der Waals surface area (Å²) >= 11 is 0. The number of nitrogens with zero attached hydrogens (tertiary/aromatic N) is 3. The molecule has 0 aliphatic carbocycles. The maximum Gasteiger partial charge on any atom is 0.248 e. The highest BCUT2D eigenvalue weighted by molar-refractivity contribution is 5.96. The number of rotatable bonds is 4. The molecule has 1 aliphatic heterocycles. The Hall–Kier alpha value is -2.77. The summed E-state index contributed by atoms with van der Waals surface area (Å²) in [4.78, 5) is 29.3. The lowest BCUT2D eigenvalue weighted by atomic mass is 10.1. The lowest BCUT2D eigenvalue weighted by Gasteiger charge is -2.08. The van der Waals surface area contributed by atoms with Crippen LogP contribution in [0.1, 0.15) is 17.8 Å². The largest absolute Gasteiger partial charge is 0.345 e. The molecule has 2 N–H and O–H groups in total. The lowest BCUT2D eigenvalue weighted by Crippen LogP contribution is -2.26. The maximum absolute atomic E-state index is 12.9. The summed E-state index contributed by atoms with van der Waals surface area (Å²) in [6.45, 7) is 0.400. The van der Waals surface area contributed by atoms with Crippen LogP contribution < -0.4 is 5.32 Å². The van der Waals surface area contributed by atoms with E-state index in [9.17, 15) is 14.0 Å². The Labute approximate surface area is 131 Å². The first-order chi connectivity index (χ1) is 11.0. The zero-order valence-corrected chi connectivity index (χ0v) is 12.5. The van der Waals surface area contributed by atoms with E-state index in [1.165, 1.54) is 17.0 Å². The number of hydrogen-bond acceptors (Lipinski definition) is 4. The molecule has 1 atom stereocenters. The zero-order chi connectivity index (χ0) is 16.4. The van der Waals surface area contributed by atoms with Crippen molar-refractivity contribution in [3.8, 4) is 0 Å². The van der Waals surface area contributed by atoms with Gasteiger partial charge in [-0.15, -0.1) is 5.10 Å². The molecule has 1 aliphatic rings. The van der Waals surface area contributed by atoms with Crippen LogP contribution in [0.5, 0.6) is 0 Å². The average molecular weight is 317 g/mol. The van der Waals surface area contributed by atoms with Crippen LogP contribution in [0.2, 0.25) is 0 Å². The molecule has 0 bridgehead atoms. The van der Waals surface area contributed by atoms with Gasteiger partial charge in [0.2, 0.25) is 17.8 Å². The van der Waals surface area contributed by atoms with Gasteiger partial charge in [0.15, 0.2) is 0 Å². The number of nitrogens with one attached hydrogen (secondary N) is 2. The second-order valence-electron chi connectivity index (χ2n) is 5.57. The second-order valence-corrected chi connectivity index (χ2v) is 5.57. The first-order valence-corrected chi connectivity index (χ1v) is 7.22. The zero-order valence-electron chi connectivity index (χ0n) is 12.5. The van der Waals surface area contributed by atoms with Crippen LogP contribution >= 0.6 is 0 Å². The number of benzene rings is 1. The standard InChI is InChI=1S/C15H16FN5O2/c1-21-8-10(7-13(21)22)14(23)18-15-17-12(19-20-15)6-9-2-4-11(16)5-3-9/h2-5,10H,6-8H2,1H3,(H2,17,18,19,20,23)/t10-/m1/s1. The molecule has 2 heterocycles. The fraction of sp³-hybridized carbons (Fsp3) is 0.333. The van der Waals surface area contributed by atoms with E-state index in [2.05, 4.69) is 20.5 Å². The lowest BCUT2D eigenvalue weighted by molar-refractivity contribution is -0.127. The van der Waals surface area contributed by atoms with Crippen molar-refractivity contribution in [1.82, 2.24) is 20.1 Å². The number of aromatic nitrogens is 3. The Morgan fingerprint density at radius 2 is 2.17 bits per heavy atom. The summed E-state index contributed by atoms with van der Waals surface area (Å²) in [7, 11) is 1.67. The minimum absolute atomic E-state index is 0.0443. The van der Waals surface area contributed by atoms with Crippen LogP contribution in [0.3, 0.4) is 0 Å². The molecule has 23 heavy (non-hydrogen) atoms. The topological polar surface area (TPSA) is 91.0 Å². The third kappa shape index (κ3) is 3.53. The highest BCUT2D eigenvalue weighted by atomic mass is 19.1. The van der Waals surface area contributed by atoms with Crippen molar-refractivity contribution in [2.75, 3.05) is 18.9 Å². The molecule has 0 unspecified atom stereocenters. The summed E-state index contributed by atoms with van der Waals surface area (Å²) in [5.41, 5.74) is 0.878. The Morgan fingerprint density at radius 1 is 1.43 bits per heavy atom. The van der Waals surface area contributed by atoms with Gasteiger partial charge in [0.1, 0.15) is 11.6 Å². The number of halogens is 1. The van der Waals surface area contributed by atoms with Crippen molar-refractivity contribution in [3.63, 3.8) is 0 Å². The summed E-state index contributed by atoms with van der Waals surface area (Å²) in [6, 6.07) is 6.08. The highest BCUT2D eigenvalue weighted by Crippen LogP contribution is 2.17. The van der Waals surface area contributed by atoms with Crippen LogP contribution in [-0.4, -0.2) is 45.5 Å². The van der Waals surface area contributed by atoms with Gasteiger partial charge in [0.05, 0.1) is 5.92 Å². The first kappa shape index (κ1) is 15.1. The van der Waals surface area contributed by atoms with Crippen molar-refractivity contribution >= 4 is 17.8 Å². The molecule has 0 saturated carbocycles. The maximum atomic E-state index is 12.9. The smallest absolute Gasteiger partial charge is 0.248 e. The number of anilines is 1. The van der Waals surface area contributed by atoms with E-state index in [0.29, 0.717) is 18.8 Å². The van der Waals surface area contributed by atoms with Crippen LogP contribution in [0.25, 0.3) is 0 Å². The summed E-state index contributed by atoms with van der Waals surface area (Å²) in [5, 5.41) is 9.28. The predicted molar refractivity (Wildman–Crippen MR) is 80.0 cm³/mol. The van der Waals surface area contributed by atoms with Gasteiger partial charge in [0, 0.05) is 26.4 Å². The molecular formula is C15H16FN5O2. The molecule has 3 rings (SSSR count). The van der Waals surface area contributed by atoms with Crippen LogP contribution in [0.4, 0.5) is 10.3 Å². The van der Waals surface area contributed by atoms with Crippen molar-refractivity contribution in [1.29, 1.82) is 0 Å². The first-order valence-electron chi connectivity index (χ1n) is 7.22. The molecule has 8 heteroatoms. The molecule has 7 nitrogen and oxygen atoms in total. The van der Waals surface area contributed by atoms with E-state index in [-0.39, 0.29) is 35.9 Å². The quantitative estimate of drug-likeness (QED) is 0.878. The minimum Gasteiger partial charge on any atom is -0.345 e. The molecule has 1 aromatic heterocycles. The summed E-state index contributed by atoms with van der Waals surface area (Å²) < 4.78 is 12.9. The summed E-state index contributed by atoms with van der Waals surface area (Å²) in [5.74, 6) is -0.255. The molecule has 1 saturated heterocycles. The van der Waals surface area contributed by atoms with Gasteiger partial charge >= 0.3 is 0 Å². The van der Waals surface area contributed by atoms with E-state index >= 15 is 0 Å². The number of aromatic amines is 1. The normalized spacial score (nSPS) is 17.6. The molecule has 1 aromatic carbocycles. The van der Waals surface area contributed by atoms with E-state index in [4.69, 9.17) is 0 Å². The SMILES string of the molecule is CN1C[C@H](C(=O)Nc2n[nH]c(Cc3ccc(F)cc3)n2)CC1=O. The van der Waals surface area contributed by atoms with Gasteiger partial charge in [-0.05, 0) is 17.7 Å². The Balaban J connectivity index is 1.60. The fourth-order valence-corrected chi connectivity index (χ4v) is 2.48. The minimum atomic E-state index is -0.383. The Morgan fingerprint density at radius 3 is 2.83 bits per heavy atom. The average Bonchev–Trinajstić information content (AvgIpc) is 3.09. The van der Waals surface area contributed by atoms with Gasteiger partial charge < -0.3 is 4.90 Å². The molecule has 2 amide bonds. The van der Waals surface area contributed by atoms with Gasteiger partial charge in [0.25, 0.3) is 0 Å². The monoisotopic (exact) mass is 317 g/mol. The second kappa shape index (κ2) is 6.15. The molecular weight excluding hydrogens is 301 g/mol. The Bertz CT molecular complexity index is 728. The van der Waals surface area contributed by atoms with Gasteiger partial charge in [-0.25, -0.2) is 4.39 Å². The molecule has 0 spiro atoms. The van der Waals surface area contributed by atoms with E-state index < -0.39 is 0 Å². The predicted octanol–water partition coefficient (Wildman–Crippen LogP) is 0.951. The third-order valence-corrected chi connectivity index (χ3v) is 3.76. The number of carbonyl (C=O) groups excluding carboxylic acids is 2. The number of H-pyrrole nitrogens is 1. The van der Waals surface area contributed by atoms with Crippen LogP contribution in [0.15, 0.2) is 24.3 Å². The van der Waals surface area contributed by atoms with Crippen molar-refractivity contribution in [3.05, 3.63) is 41.5 Å². The number of hydrogen-bond donors (Lipinski definition) is 2. The van der Waals surface area contributed by atoms with Gasteiger partial charge in [-0.2, -0.15) is 4.98 Å². The van der Waals surface area contributed by atoms with Crippen LogP contribution in [0, 0.1) is 11.7 Å². The Kier molecular flexibility index (Phi) is 4.05. The van der Waals surface area contributed by atoms with E-state index in [1.807, 2.05) is 0 Å². The van der Waals surface area contributed by atoms with Crippen molar-refractivity contribution in [2.24, 2.45) is 5.92 Å². The van der Waals surface area contributed by atoms with Gasteiger partial charge in [-0.1, -0.05) is 12.1 Å².